The van der Waals surface area contributed by atoms with Crippen molar-refractivity contribution in [1.82, 2.24) is 0 Å². The first-order chi connectivity index (χ1) is 7.70. The highest BCUT2D eigenvalue weighted by molar-refractivity contribution is 6.35. The summed E-state index contributed by atoms with van der Waals surface area (Å²) in [6, 6.07) is 14.0. The molecule has 0 amide bonds. The number of carbonyl (C=O) groups excluding carboxylic acids is 1. The first-order valence-corrected chi connectivity index (χ1v) is 5.21. The lowest BCUT2D eigenvalue weighted by atomic mass is 10.0. The van der Waals surface area contributed by atoms with Gasteiger partial charge in [0.1, 0.15) is 0 Å². The molecule has 2 nitrogen and oxygen atoms in total. The van der Waals surface area contributed by atoms with Gasteiger partial charge in [-0.1, -0.05) is 48.0 Å². The highest BCUT2D eigenvalue weighted by Gasteiger charge is 2.15. The first kappa shape index (κ1) is 10.7. The van der Waals surface area contributed by atoms with E-state index in [2.05, 4.69) is 0 Å². The normalized spacial score (nSPS) is 10.1. The average Bonchev–Trinajstić information content (AvgIpc) is 2.30. The fraction of sp³-hybridized carbons (Fsp3) is 0. The van der Waals surface area contributed by atoms with Crippen LogP contribution in [0.15, 0.2) is 48.5 Å². The zero-order chi connectivity index (χ0) is 11.5. The monoisotopic (exact) mass is 231 g/mol. The van der Waals surface area contributed by atoms with E-state index in [1.165, 1.54) is 0 Å². The van der Waals surface area contributed by atoms with Crippen LogP contribution in [0.2, 0.25) is 5.02 Å². The van der Waals surface area contributed by atoms with Crippen molar-refractivity contribution in [2.75, 3.05) is 5.73 Å². The Kier molecular flexibility index (Phi) is 2.93. The number of benzene rings is 2. The van der Waals surface area contributed by atoms with Crippen molar-refractivity contribution < 1.29 is 4.79 Å². The molecule has 0 aromatic heterocycles. The number of carbonyl (C=O) groups is 1. The molecule has 2 N–H and O–H groups in total. The Morgan fingerprint density at radius 3 is 2.31 bits per heavy atom. The second-order valence-electron chi connectivity index (χ2n) is 3.40. The molecule has 0 spiro atoms. The predicted molar refractivity (Wildman–Crippen MR) is 65.7 cm³/mol. The van der Waals surface area contributed by atoms with Crippen LogP contribution in [-0.4, -0.2) is 5.78 Å². The van der Waals surface area contributed by atoms with Gasteiger partial charge >= 0.3 is 0 Å². The Morgan fingerprint density at radius 1 is 1.00 bits per heavy atom. The third-order valence-electron chi connectivity index (χ3n) is 2.31. The lowest BCUT2D eigenvalue weighted by Gasteiger charge is -2.06. The molecule has 0 saturated carbocycles. The van der Waals surface area contributed by atoms with Gasteiger partial charge in [0.15, 0.2) is 5.78 Å². The van der Waals surface area contributed by atoms with Crippen LogP contribution < -0.4 is 5.73 Å². The van der Waals surface area contributed by atoms with Crippen molar-refractivity contribution in [3.8, 4) is 0 Å². The Hall–Kier alpha value is -1.80. The molecule has 3 heteroatoms. The van der Waals surface area contributed by atoms with E-state index in [0.717, 1.165) is 0 Å². The minimum Gasteiger partial charge on any atom is -0.398 e. The molecule has 2 aromatic carbocycles. The van der Waals surface area contributed by atoms with Crippen LogP contribution in [0.1, 0.15) is 15.9 Å². The molecule has 0 aliphatic rings. The van der Waals surface area contributed by atoms with Gasteiger partial charge in [0.05, 0.1) is 10.6 Å². The summed E-state index contributed by atoms with van der Waals surface area (Å²) in [7, 11) is 0. The molecule has 0 atom stereocenters. The van der Waals surface area contributed by atoms with Crippen LogP contribution in [0.3, 0.4) is 0 Å². The summed E-state index contributed by atoms with van der Waals surface area (Å²) in [6.07, 6.45) is 0. The van der Waals surface area contributed by atoms with Gasteiger partial charge < -0.3 is 5.73 Å². The zero-order valence-corrected chi connectivity index (χ0v) is 9.24. The molecule has 0 fully saturated rings. The predicted octanol–water partition coefficient (Wildman–Crippen LogP) is 3.15. The summed E-state index contributed by atoms with van der Waals surface area (Å²) in [4.78, 5) is 12.1. The molecule has 2 aromatic rings. The Balaban J connectivity index is 2.50. The van der Waals surface area contributed by atoms with E-state index >= 15 is 0 Å². The Labute approximate surface area is 98.7 Å². The fourth-order valence-electron chi connectivity index (χ4n) is 1.51. The number of nitrogens with two attached hydrogens (primary N) is 1. The molecule has 0 heterocycles. The van der Waals surface area contributed by atoms with Gasteiger partial charge in [0.2, 0.25) is 0 Å². The topological polar surface area (TPSA) is 43.1 Å². The third-order valence-corrected chi connectivity index (χ3v) is 2.62. The SMILES string of the molecule is Nc1cccc(Cl)c1C(=O)c1ccccc1. The summed E-state index contributed by atoms with van der Waals surface area (Å²) in [5.41, 5.74) is 7.11. The van der Waals surface area contributed by atoms with Crippen molar-refractivity contribution >= 4 is 23.1 Å². The van der Waals surface area contributed by atoms with E-state index in [4.69, 9.17) is 17.3 Å². The standard InChI is InChI=1S/C13H10ClNO/c14-10-7-4-8-11(15)12(10)13(16)9-5-2-1-3-6-9/h1-8H,15H2. The molecule has 2 rings (SSSR count). The molecular weight excluding hydrogens is 222 g/mol. The van der Waals surface area contributed by atoms with Crippen LogP contribution in [0.5, 0.6) is 0 Å². The van der Waals surface area contributed by atoms with E-state index in [9.17, 15) is 4.79 Å². The fourth-order valence-corrected chi connectivity index (χ4v) is 1.78. The molecule has 0 aliphatic heterocycles. The highest BCUT2D eigenvalue weighted by atomic mass is 35.5. The summed E-state index contributed by atoms with van der Waals surface area (Å²) >= 11 is 5.97. The molecule has 16 heavy (non-hydrogen) atoms. The van der Waals surface area contributed by atoms with Crippen molar-refractivity contribution in [2.24, 2.45) is 0 Å². The van der Waals surface area contributed by atoms with E-state index in [1.54, 1.807) is 42.5 Å². The van der Waals surface area contributed by atoms with Crippen LogP contribution in [0.4, 0.5) is 5.69 Å². The minimum atomic E-state index is -0.149. The number of hydrogen-bond donors (Lipinski definition) is 1. The maximum Gasteiger partial charge on any atom is 0.196 e. The number of anilines is 1. The molecule has 0 radical (unpaired) electrons. The van der Waals surface area contributed by atoms with Crippen LogP contribution in [0.25, 0.3) is 0 Å². The van der Waals surface area contributed by atoms with Crippen LogP contribution >= 0.6 is 11.6 Å². The average molecular weight is 232 g/mol. The number of hydrogen-bond acceptors (Lipinski definition) is 2. The number of rotatable bonds is 2. The summed E-state index contributed by atoms with van der Waals surface area (Å²) in [6.45, 7) is 0. The quantitative estimate of drug-likeness (QED) is 0.637. The van der Waals surface area contributed by atoms with E-state index in [-0.39, 0.29) is 5.78 Å². The van der Waals surface area contributed by atoms with Gasteiger partial charge in [-0.3, -0.25) is 4.79 Å². The summed E-state index contributed by atoms with van der Waals surface area (Å²) in [5.74, 6) is -0.149. The van der Waals surface area contributed by atoms with Gasteiger partial charge in [-0.2, -0.15) is 0 Å². The Bertz CT molecular complexity index is 502. The summed E-state index contributed by atoms with van der Waals surface area (Å²) in [5, 5.41) is 0.383. The molecule has 0 aliphatic carbocycles. The van der Waals surface area contributed by atoms with Crippen molar-refractivity contribution in [3.05, 3.63) is 64.7 Å². The number of ketones is 1. The van der Waals surface area contributed by atoms with Crippen molar-refractivity contribution in [2.45, 2.75) is 0 Å². The lowest BCUT2D eigenvalue weighted by molar-refractivity contribution is 0.103. The smallest absolute Gasteiger partial charge is 0.196 e. The summed E-state index contributed by atoms with van der Waals surface area (Å²) < 4.78 is 0. The Morgan fingerprint density at radius 2 is 1.69 bits per heavy atom. The highest BCUT2D eigenvalue weighted by Crippen LogP contribution is 2.24. The maximum atomic E-state index is 12.1. The molecule has 0 unspecified atom stereocenters. The van der Waals surface area contributed by atoms with E-state index in [1.807, 2.05) is 6.07 Å². The van der Waals surface area contributed by atoms with Crippen molar-refractivity contribution in [3.63, 3.8) is 0 Å². The van der Waals surface area contributed by atoms with E-state index in [0.29, 0.717) is 21.8 Å². The maximum absolute atomic E-state index is 12.1. The largest absolute Gasteiger partial charge is 0.398 e. The van der Waals surface area contributed by atoms with Gasteiger partial charge in [-0.15, -0.1) is 0 Å². The minimum absolute atomic E-state index is 0.149. The van der Waals surface area contributed by atoms with Gasteiger partial charge in [0, 0.05) is 11.3 Å². The lowest BCUT2D eigenvalue weighted by Crippen LogP contribution is -2.05. The van der Waals surface area contributed by atoms with Gasteiger partial charge in [-0.05, 0) is 12.1 Å². The van der Waals surface area contributed by atoms with Crippen LogP contribution in [-0.2, 0) is 0 Å². The number of nitrogen functional groups attached to an aromatic ring is 1. The molecule has 80 valence electrons. The van der Waals surface area contributed by atoms with Crippen molar-refractivity contribution in [1.29, 1.82) is 0 Å². The van der Waals surface area contributed by atoms with E-state index < -0.39 is 0 Å². The second-order valence-corrected chi connectivity index (χ2v) is 3.81. The molecule has 0 bridgehead atoms. The molecular formula is C13H10ClNO. The third kappa shape index (κ3) is 1.92. The first-order valence-electron chi connectivity index (χ1n) is 4.84. The van der Waals surface area contributed by atoms with Gasteiger partial charge in [0.25, 0.3) is 0 Å². The molecule has 0 saturated heterocycles. The zero-order valence-electron chi connectivity index (χ0n) is 8.48. The van der Waals surface area contributed by atoms with Gasteiger partial charge in [-0.25, -0.2) is 0 Å². The van der Waals surface area contributed by atoms with Crippen LogP contribution in [0, 0.1) is 0 Å². The second kappa shape index (κ2) is 4.37. The number of halogens is 1.